The number of benzene rings is 1. The molecule has 0 saturated heterocycles. The molecule has 2 aromatic rings. The number of hydrogen-bond donors (Lipinski definition) is 1. The number of nitrogens with one attached hydrogen (secondary N) is 1. The molecule has 31 heavy (non-hydrogen) atoms. The summed E-state index contributed by atoms with van der Waals surface area (Å²) in [5, 5.41) is -1.22. The zero-order valence-corrected chi connectivity index (χ0v) is 19.2. The summed E-state index contributed by atoms with van der Waals surface area (Å²) in [4.78, 5) is 0. The van der Waals surface area contributed by atoms with E-state index in [1.165, 1.54) is 4.57 Å². The van der Waals surface area contributed by atoms with Crippen LogP contribution in [0.15, 0.2) is 22.8 Å². The molecule has 0 amide bonds. The number of aromatic nitrogens is 1. The lowest BCUT2D eigenvalue weighted by molar-refractivity contribution is -0.152. The molecule has 1 aromatic carbocycles. The number of hydrogen-bond acceptors (Lipinski definition) is 2. The lowest BCUT2D eigenvalue weighted by Crippen LogP contribution is -2.39. The van der Waals surface area contributed by atoms with E-state index in [2.05, 4.69) is 15.9 Å². The molecule has 1 aromatic heterocycles. The zero-order valence-electron chi connectivity index (χ0n) is 16.8. The Labute approximate surface area is 184 Å². The largest absolute Gasteiger partial charge is 0.417 e. The maximum Gasteiger partial charge on any atom is 0.417 e. The van der Waals surface area contributed by atoms with Crippen LogP contribution in [0.2, 0.25) is 0 Å². The Bertz CT molecular complexity index is 1100. The molecule has 1 N–H and O–H groups in total. The van der Waals surface area contributed by atoms with Gasteiger partial charge in [0.25, 0.3) is 0 Å². The number of sulfonamides is 1. The van der Waals surface area contributed by atoms with Gasteiger partial charge in [0.1, 0.15) is 6.04 Å². The van der Waals surface area contributed by atoms with Gasteiger partial charge in [0, 0.05) is 33.7 Å². The number of fused-ring (bicyclic) bond motifs is 1. The topological polar surface area (TPSA) is 51.1 Å². The smallest absolute Gasteiger partial charge is 0.347 e. The van der Waals surface area contributed by atoms with Crippen LogP contribution in [-0.4, -0.2) is 24.4 Å². The summed E-state index contributed by atoms with van der Waals surface area (Å²) in [6.45, 7) is 5.69. The van der Waals surface area contributed by atoms with Crippen molar-refractivity contribution >= 4 is 36.9 Å². The van der Waals surface area contributed by atoms with Crippen molar-refractivity contribution in [3.05, 3.63) is 33.9 Å². The molecule has 12 heteroatoms. The van der Waals surface area contributed by atoms with Crippen LogP contribution in [0, 0.1) is 5.41 Å². The van der Waals surface area contributed by atoms with Crippen molar-refractivity contribution in [1.29, 1.82) is 0 Å². The van der Waals surface area contributed by atoms with E-state index >= 15 is 0 Å². The van der Waals surface area contributed by atoms with Crippen LogP contribution in [0.1, 0.15) is 50.8 Å². The summed E-state index contributed by atoms with van der Waals surface area (Å²) in [6, 6.07) is -0.905. The highest BCUT2D eigenvalue weighted by atomic mass is 79.9. The van der Waals surface area contributed by atoms with Crippen molar-refractivity contribution < 1.29 is 34.8 Å². The molecule has 0 bridgehead atoms. The second-order valence-electron chi connectivity index (χ2n) is 8.96. The third-order valence-electron chi connectivity index (χ3n) is 4.83. The van der Waals surface area contributed by atoms with Gasteiger partial charge in [-0.05, 0) is 30.4 Å². The zero-order chi connectivity index (χ0) is 23.6. The first kappa shape index (κ1) is 24.4. The van der Waals surface area contributed by atoms with E-state index in [1.807, 2.05) is 20.8 Å². The van der Waals surface area contributed by atoms with Crippen molar-refractivity contribution in [2.45, 2.75) is 63.8 Å². The summed E-state index contributed by atoms with van der Waals surface area (Å²) < 4.78 is 109. The highest BCUT2D eigenvalue weighted by Gasteiger charge is 2.48. The van der Waals surface area contributed by atoms with Crippen LogP contribution < -0.4 is 4.72 Å². The predicted octanol–water partition coefficient (Wildman–Crippen LogP) is 6.15. The third-order valence-corrected chi connectivity index (χ3v) is 7.40. The highest BCUT2D eigenvalue weighted by Crippen LogP contribution is 2.43. The van der Waals surface area contributed by atoms with E-state index in [1.54, 1.807) is 4.72 Å². The third kappa shape index (κ3) is 5.39. The molecule has 1 aliphatic rings. The molecule has 1 unspecified atom stereocenters. The fraction of sp³-hybridized carbons (Fsp3) is 0.579. The Balaban J connectivity index is 2.27. The Morgan fingerprint density at radius 1 is 1.13 bits per heavy atom. The molecule has 1 aliphatic carbocycles. The van der Waals surface area contributed by atoms with Crippen LogP contribution in [0.4, 0.5) is 26.3 Å². The van der Waals surface area contributed by atoms with Gasteiger partial charge in [-0.25, -0.2) is 8.42 Å². The van der Waals surface area contributed by atoms with Gasteiger partial charge in [0.15, 0.2) is 0 Å². The molecule has 0 aliphatic heterocycles. The van der Waals surface area contributed by atoms with Crippen LogP contribution in [0.3, 0.4) is 0 Å². The first-order valence-corrected chi connectivity index (χ1v) is 11.7. The minimum Gasteiger partial charge on any atom is -0.347 e. The van der Waals surface area contributed by atoms with Gasteiger partial charge in [0.2, 0.25) is 10.0 Å². The molecule has 1 atom stereocenters. The molecule has 1 saturated carbocycles. The number of rotatable bonds is 5. The van der Waals surface area contributed by atoms with Gasteiger partial charge in [-0.15, -0.1) is 0 Å². The fourth-order valence-electron chi connectivity index (χ4n) is 3.37. The predicted molar refractivity (Wildman–Crippen MR) is 108 cm³/mol. The van der Waals surface area contributed by atoms with Crippen LogP contribution in [-0.2, 0) is 22.7 Å². The maximum absolute atomic E-state index is 13.9. The Hall–Kier alpha value is -1.27. The second-order valence-corrected chi connectivity index (χ2v) is 11.8. The van der Waals surface area contributed by atoms with Gasteiger partial charge in [0.05, 0.1) is 10.8 Å². The van der Waals surface area contributed by atoms with E-state index in [0.717, 1.165) is 12.3 Å². The minimum absolute atomic E-state index is 0.143. The summed E-state index contributed by atoms with van der Waals surface area (Å²) in [5.74, 6) is 0. The van der Waals surface area contributed by atoms with E-state index in [4.69, 9.17) is 0 Å². The van der Waals surface area contributed by atoms with E-state index < -0.39 is 50.2 Å². The van der Waals surface area contributed by atoms with E-state index in [-0.39, 0.29) is 34.8 Å². The number of nitrogens with zero attached hydrogens (tertiary/aromatic N) is 1. The van der Waals surface area contributed by atoms with Crippen LogP contribution >= 0.6 is 15.9 Å². The fourth-order valence-corrected chi connectivity index (χ4v) is 5.47. The van der Waals surface area contributed by atoms with Crippen molar-refractivity contribution in [3.63, 3.8) is 0 Å². The highest BCUT2D eigenvalue weighted by molar-refractivity contribution is 9.10. The van der Waals surface area contributed by atoms with Crippen molar-refractivity contribution in [1.82, 2.24) is 9.29 Å². The second kappa shape index (κ2) is 7.65. The van der Waals surface area contributed by atoms with Gasteiger partial charge >= 0.3 is 12.4 Å². The monoisotopic (exact) mass is 534 g/mol. The standard InChI is InChI=1S/C19H21BrF6N2O2S/c1-17(2,3)9-28-8-12(11-6-13(18(21,22)23)14(20)7-15(11)28)16(19(24,25)26)27-31(29,30)10-4-5-10/h6-8,10,16,27H,4-5,9H2,1-3H3. The lowest BCUT2D eigenvalue weighted by Gasteiger charge is -2.22. The molecule has 174 valence electrons. The Kier molecular flexibility index (Phi) is 6.02. The molecule has 0 spiro atoms. The summed E-state index contributed by atoms with van der Waals surface area (Å²) in [7, 11) is -4.27. The average Bonchev–Trinajstić information content (AvgIpc) is 3.35. The molecule has 3 rings (SSSR count). The first-order chi connectivity index (χ1) is 13.9. The molecule has 1 fully saturated rings. The van der Waals surface area contributed by atoms with E-state index in [9.17, 15) is 34.8 Å². The first-order valence-electron chi connectivity index (χ1n) is 9.37. The van der Waals surface area contributed by atoms with Crippen LogP contribution in [0.25, 0.3) is 10.9 Å². The number of halogens is 7. The summed E-state index contributed by atoms with van der Waals surface area (Å²) >= 11 is 2.86. The van der Waals surface area contributed by atoms with Gasteiger partial charge in [-0.2, -0.15) is 31.1 Å². The minimum atomic E-state index is -5.05. The molecule has 0 radical (unpaired) electrons. The number of alkyl halides is 6. The van der Waals surface area contributed by atoms with Gasteiger partial charge in [-0.3, -0.25) is 0 Å². The van der Waals surface area contributed by atoms with Gasteiger partial charge in [-0.1, -0.05) is 36.7 Å². The summed E-state index contributed by atoms with van der Waals surface area (Å²) in [6.07, 6.45) is -8.27. The Morgan fingerprint density at radius 3 is 2.16 bits per heavy atom. The van der Waals surface area contributed by atoms with Crippen molar-refractivity contribution in [2.24, 2.45) is 5.41 Å². The molecular formula is C19H21BrF6N2O2S. The Morgan fingerprint density at radius 2 is 1.71 bits per heavy atom. The normalized spacial score (nSPS) is 17.4. The molecular weight excluding hydrogens is 514 g/mol. The average molecular weight is 535 g/mol. The summed E-state index contributed by atoms with van der Waals surface area (Å²) in [5.41, 5.74) is -1.96. The van der Waals surface area contributed by atoms with Gasteiger partial charge < -0.3 is 4.57 Å². The molecule has 4 nitrogen and oxygen atoms in total. The maximum atomic E-state index is 13.9. The molecule has 1 heterocycles. The van der Waals surface area contributed by atoms with Crippen molar-refractivity contribution in [2.75, 3.05) is 0 Å². The van der Waals surface area contributed by atoms with E-state index in [0.29, 0.717) is 6.07 Å². The quantitative estimate of drug-likeness (QED) is 0.467. The van der Waals surface area contributed by atoms with Crippen molar-refractivity contribution in [3.8, 4) is 0 Å². The SMILES string of the molecule is CC(C)(C)Cn1cc(C(NS(=O)(=O)C2CC2)C(F)(F)F)c2cc(C(F)(F)F)c(Br)cc21. The lowest BCUT2D eigenvalue weighted by atomic mass is 9.97. The van der Waals surface area contributed by atoms with Crippen LogP contribution in [0.5, 0.6) is 0 Å².